The van der Waals surface area contributed by atoms with Gasteiger partial charge in [0.1, 0.15) is 0 Å². The average molecular weight is 429 g/mol. The second-order valence-electron chi connectivity index (χ2n) is 7.72. The van der Waals surface area contributed by atoms with Crippen LogP contribution < -0.4 is 11.1 Å². The average Bonchev–Trinajstić information content (AvgIpc) is 3.23. The SMILES string of the molecule is CCn1c(C(O)(c2ccccc2)c2ccccc2)nc2ccc(C(=O)NCCCN)cc21. The molecule has 0 atom stereocenters. The highest BCUT2D eigenvalue weighted by Gasteiger charge is 2.38. The molecule has 4 N–H and O–H groups in total. The predicted octanol–water partition coefficient (Wildman–Crippen LogP) is 3.42. The monoisotopic (exact) mass is 428 g/mol. The van der Waals surface area contributed by atoms with Crippen LogP contribution in [-0.4, -0.2) is 33.7 Å². The van der Waals surface area contributed by atoms with E-state index in [9.17, 15) is 9.90 Å². The lowest BCUT2D eigenvalue weighted by molar-refractivity contribution is 0.0953. The number of fused-ring (bicyclic) bond motifs is 1. The number of aliphatic hydroxyl groups is 1. The number of hydrogen-bond donors (Lipinski definition) is 3. The molecule has 0 unspecified atom stereocenters. The van der Waals surface area contributed by atoms with Crippen molar-refractivity contribution in [1.82, 2.24) is 14.9 Å². The highest BCUT2D eigenvalue weighted by molar-refractivity contribution is 5.97. The van der Waals surface area contributed by atoms with Crippen molar-refractivity contribution in [2.45, 2.75) is 25.5 Å². The molecule has 0 spiro atoms. The van der Waals surface area contributed by atoms with E-state index in [1.807, 2.05) is 84.3 Å². The van der Waals surface area contributed by atoms with Crippen molar-refractivity contribution in [3.8, 4) is 0 Å². The zero-order chi connectivity index (χ0) is 22.6. The number of rotatable bonds is 8. The van der Waals surface area contributed by atoms with E-state index in [1.54, 1.807) is 6.07 Å². The van der Waals surface area contributed by atoms with Crippen molar-refractivity contribution in [3.05, 3.63) is 101 Å². The number of carbonyl (C=O) groups excluding carboxylic acids is 1. The number of carbonyl (C=O) groups is 1. The van der Waals surface area contributed by atoms with Gasteiger partial charge in [-0.05, 0) is 49.2 Å². The fraction of sp³-hybridized carbons (Fsp3) is 0.231. The van der Waals surface area contributed by atoms with Crippen molar-refractivity contribution in [2.24, 2.45) is 5.73 Å². The summed E-state index contributed by atoms with van der Waals surface area (Å²) >= 11 is 0. The molecule has 1 aromatic heterocycles. The topological polar surface area (TPSA) is 93.2 Å². The number of aromatic nitrogens is 2. The number of amides is 1. The minimum atomic E-state index is -1.44. The first-order valence-corrected chi connectivity index (χ1v) is 10.9. The molecule has 0 bridgehead atoms. The van der Waals surface area contributed by atoms with E-state index in [-0.39, 0.29) is 5.91 Å². The molecule has 0 aliphatic carbocycles. The summed E-state index contributed by atoms with van der Waals surface area (Å²) in [6.07, 6.45) is 0.728. The number of nitrogens with two attached hydrogens (primary N) is 1. The molecule has 3 aromatic carbocycles. The lowest BCUT2D eigenvalue weighted by Crippen LogP contribution is -2.32. The number of nitrogens with one attached hydrogen (secondary N) is 1. The summed E-state index contributed by atoms with van der Waals surface area (Å²) in [5.41, 5.74) is 7.63. The van der Waals surface area contributed by atoms with Crippen LogP contribution in [0.3, 0.4) is 0 Å². The summed E-state index contributed by atoms with van der Waals surface area (Å²) in [4.78, 5) is 17.4. The molecular weight excluding hydrogens is 400 g/mol. The van der Waals surface area contributed by atoms with E-state index in [2.05, 4.69) is 5.32 Å². The summed E-state index contributed by atoms with van der Waals surface area (Å²) in [7, 11) is 0. The first-order chi connectivity index (χ1) is 15.6. The van der Waals surface area contributed by atoms with E-state index in [0.717, 1.165) is 28.6 Å². The molecule has 6 heteroatoms. The predicted molar refractivity (Wildman–Crippen MR) is 126 cm³/mol. The number of benzene rings is 3. The lowest BCUT2D eigenvalue weighted by atomic mass is 9.85. The van der Waals surface area contributed by atoms with E-state index in [1.165, 1.54) is 0 Å². The zero-order valence-corrected chi connectivity index (χ0v) is 18.2. The van der Waals surface area contributed by atoms with Gasteiger partial charge in [0.05, 0.1) is 11.0 Å². The lowest BCUT2D eigenvalue weighted by Gasteiger charge is -2.29. The third-order valence-electron chi connectivity index (χ3n) is 5.70. The Labute approximate surface area is 187 Å². The van der Waals surface area contributed by atoms with Gasteiger partial charge in [-0.1, -0.05) is 60.7 Å². The van der Waals surface area contributed by atoms with Crippen LogP contribution in [-0.2, 0) is 12.1 Å². The van der Waals surface area contributed by atoms with Crippen molar-refractivity contribution < 1.29 is 9.90 Å². The Balaban J connectivity index is 1.87. The summed E-state index contributed by atoms with van der Waals surface area (Å²) in [5, 5.41) is 15.1. The quantitative estimate of drug-likeness (QED) is 0.375. The molecule has 32 heavy (non-hydrogen) atoms. The highest BCUT2D eigenvalue weighted by Crippen LogP contribution is 2.37. The van der Waals surface area contributed by atoms with E-state index >= 15 is 0 Å². The number of aryl methyl sites for hydroxylation is 1. The maximum Gasteiger partial charge on any atom is 0.251 e. The Kier molecular flexibility index (Phi) is 6.35. The summed E-state index contributed by atoms with van der Waals surface area (Å²) in [5.74, 6) is 0.375. The second-order valence-corrected chi connectivity index (χ2v) is 7.72. The smallest absolute Gasteiger partial charge is 0.251 e. The van der Waals surface area contributed by atoms with Crippen LogP contribution in [0, 0.1) is 0 Å². The molecular formula is C26H28N4O2. The van der Waals surface area contributed by atoms with Gasteiger partial charge in [-0.2, -0.15) is 0 Å². The van der Waals surface area contributed by atoms with Gasteiger partial charge in [0.15, 0.2) is 11.4 Å². The molecule has 4 rings (SSSR count). The van der Waals surface area contributed by atoms with E-state index in [0.29, 0.717) is 31.0 Å². The fourth-order valence-corrected chi connectivity index (χ4v) is 4.05. The first kappa shape index (κ1) is 21.7. The van der Waals surface area contributed by atoms with Crippen molar-refractivity contribution >= 4 is 16.9 Å². The normalized spacial score (nSPS) is 11.6. The van der Waals surface area contributed by atoms with Crippen LogP contribution in [0.4, 0.5) is 0 Å². The van der Waals surface area contributed by atoms with Crippen LogP contribution in [0.2, 0.25) is 0 Å². The molecule has 0 fully saturated rings. The van der Waals surface area contributed by atoms with Gasteiger partial charge in [-0.15, -0.1) is 0 Å². The summed E-state index contributed by atoms with van der Waals surface area (Å²) in [6.45, 7) is 3.66. The minimum absolute atomic E-state index is 0.146. The van der Waals surface area contributed by atoms with Crippen LogP contribution in [0.5, 0.6) is 0 Å². The van der Waals surface area contributed by atoms with Crippen molar-refractivity contribution in [2.75, 3.05) is 13.1 Å². The third kappa shape index (κ3) is 3.90. The van der Waals surface area contributed by atoms with E-state index < -0.39 is 5.60 Å². The number of nitrogens with zero attached hydrogens (tertiary/aromatic N) is 2. The summed E-state index contributed by atoms with van der Waals surface area (Å²) in [6, 6.07) is 24.5. The molecule has 0 saturated heterocycles. The van der Waals surface area contributed by atoms with Crippen LogP contribution in [0.15, 0.2) is 78.9 Å². The van der Waals surface area contributed by atoms with Gasteiger partial charge in [0.2, 0.25) is 0 Å². The van der Waals surface area contributed by atoms with Crippen LogP contribution in [0.1, 0.15) is 40.7 Å². The molecule has 0 radical (unpaired) electrons. The third-order valence-corrected chi connectivity index (χ3v) is 5.70. The Bertz CT molecular complexity index is 1160. The van der Waals surface area contributed by atoms with Crippen molar-refractivity contribution in [1.29, 1.82) is 0 Å². The van der Waals surface area contributed by atoms with Gasteiger partial charge < -0.3 is 20.7 Å². The standard InChI is InChI=1S/C26H28N4O2/c1-2-30-23-18-19(24(31)28-17-9-16-27)14-15-22(23)29-25(30)26(32,20-10-5-3-6-11-20)21-12-7-4-8-13-21/h3-8,10-15,18,32H,2,9,16-17,27H2,1H3,(H,28,31). The van der Waals surface area contributed by atoms with Gasteiger partial charge >= 0.3 is 0 Å². The second kappa shape index (κ2) is 9.34. The van der Waals surface area contributed by atoms with Crippen LogP contribution >= 0.6 is 0 Å². The molecule has 0 aliphatic rings. The van der Waals surface area contributed by atoms with Crippen LogP contribution in [0.25, 0.3) is 11.0 Å². The fourth-order valence-electron chi connectivity index (χ4n) is 4.05. The largest absolute Gasteiger partial charge is 0.373 e. The molecule has 0 saturated carbocycles. The van der Waals surface area contributed by atoms with Crippen molar-refractivity contribution in [3.63, 3.8) is 0 Å². The molecule has 0 aliphatic heterocycles. The van der Waals surface area contributed by atoms with E-state index in [4.69, 9.17) is 10.7 Å². The van der Waals surface area contributed by atoms with Gasteiger partial charge in [-0.3, -0.25) is 4.79 Å². The highest BCUT2D eigenvalue weighted by atomic mass is 16.3. The first-order valence-electron chi connectivity index (χ1n) is 10.9. The number of imidazole rings is 1. The maximum absolute atomic E-state index is 12.6. The Morgan fingerprint density at radius 2 is 1.66 bits per heavy atom. The van der Waals surface area contributed by atoms with Gasteiger partial charge in [-0.25, -0.2) is 4.98 Å². The molecule has 4 aromatic rings. The Morgan fingerprint density at radius 3 is 2.22 bits per heavy atom. The molecule has 1 amide bonds. The Hall–Kier alpha value is -3.48. The number of hydrogen-bond acceptors (Lipinski definition) is 4. The zero-order valence-electron chi connectivity index (χ0n) is 18.2. The summed E-state index contributed by atoms with van der Waals surface area (Å²) < 4.78 is 1.98. The molecule has 6 nitrogen and oxygen atoms in total. The minimum Gasteiger partial charge on any atom is -0.373 e. The maximum atomic E-state index is 12.6. The van der Waals surface area contributed by atoms with Gasteiger partial charge in [0, 0.05) is 18.7 Å². The molecule has 1 heterocycles. The van der Waals surface area contributed by atoms with Gasteiger partial charge in [0.25, 0.3) is 5.91 Å². The Morgan fingerprint density at radius 1 is 1.03 bits per heavy atom. The molecule has 164 valence electrons.